The molecule has 1 fully saturated rings. The van der Waals surface area contributed by atoms with Gasteiger partial charge < -0.3 is 18.9 Å². The highest BCUT2D eigenvalue weighted by atomic mass is 16.5. The number of allylic oxidation sites excluding steroid dienone is 4. The number of ether oxygens (including phenoxy) is 4. The summed E-state index contributed by atoms with van der Waals surface area (Å²) in [4.78, 5) is 16.0. The molecule has 0 amide bonds. The van der Waals surface area contributed by atoms with Gasteiger partial charge in [0.1, 0.15) is 23.8 Å². The first-order valence-corrected chi connectivity index (χ1v) is 15.9. The van der Waals surface area contributed by atoms with Crippen LogP contribution < -0.4 is 9.47 Å². The lowest BCUT2D eigenvalue weighted by molar-refractivity contribution is 0.0360. The Morgan fingerprint density at radius 1 is 1.11 bits per heavy atom. The first-order chi connectivity index (χ1) is 21.7. The van der Waals surface area contributed by atoms with E-state index in [0.717, 1.165) is 73.0 Å². The lowest BCUT2D eigenvalue weighted by Gasteiger charge is -2.26. The van der Waals surface area contributed by atoms with Crippen LogP contribution in [-0.4, -0.2) is 83.4 Å². The van der Waals surface area contributed by atoms with Crippen molar-refractivity contribution < 1.29 is 23.7 Å². The van der Waals surface area contributed by atoms with E-state index in [2.05, 4.69) is 43.0 Å². The highest BCUT2D eigenvalue weighted by Crippen LogP contribution is 2.46. The number of fused-ring (bicyclic) bond motifs is 3. The maximum absolute atomic E-state index is 13.6. The summed E-state index contributed by atoms with van der Waals surface area (Å²) < 4.78 is 27.2. The molecule has 10 heteroatoms. The molecule has 0 atom stereocenters. The molecule has 0 radical (unpaired) electrons. The molecule has 2 aliphatic rings. The van der Waals surface area contributed by atoms with Gasteiger partial charge in [-0.25, -0.2) is 4.68 Å². The van der Waals surface area contributed by atoms with E-state index >= 15 is 0 Å². The van der Waals surface area contributed by atoms with Crippen molar-refractivity contribution in [3.63, 3.8) is 0 Å². The molecule has 2 aliphatic heterocycles. The molecule has 1 aromatic carbocycles. The number of morpholine rings is 1. The van der Waals surface area contributed by atoms with Crippen LogP contribution in [0.15, 0.2) is 42.8 Å². The first kappa shape index (κ1) is 32.7. The van der Waals surface area contributed by atoms with Crippen molar-refractivity contribution in [3.8, 4) is 33.9 Å². The molecule has 4 heterocycles. The van der Waals surface area contributed by atoms with Gasteiger partial charge in [0.15, 0.2) is 5.78 Å². The second-order valence-electron chi connectivity index (χ2n) is 12.7. The predicted molar refractivity (Wildman–Crippen MR) is 176 cm³/mol. The molecule has 1 saturated heterocycles. The van der Waals surface area contributed by atoms with Crippen LogP contribution >= 0.6 is 0 Å². The molecule has 0 saturated carbocycles. The average molecular weight is 618 g/mol. The van der Waals surface area contributed by atoms with Gasteiger partial charge in [-0.15, -0.1) is 0 Å². The number of Topliss-reactive ketones (excluding diaryl/α,β-unsaturated/α-hetero) is 1. The molecule has 242 valence electrons. The maximum Gasteiger partial charge on any atom is 0.183 e. The second kappa shape index (κ2) is 14.6. The third-order valence-corrected chi connectivity index (χ3v) is 7.98. The quantitative estimate of drug-likeness (QED) is 0.129. The van der Waals surface area contributed by atoms with Gasteiger partial charge in [0.2, 0.25) is 0 Å². The Labute approximate surface area is 266 Å². The van der Waals surface area contributed by atoms with Crippen LogP contribution in [0.4, 0.5) is 0 Å². The maximum atomic E-state index is 13.6. The number of ketones is 1. The van der Waals surface area contributed by atoms with Gasteiger partial charge in [0, 0.05) is 67.2 Å². The van der Waals surface area contributed by atoms with E-state index in [1.165, 1.54) is 0 Å². The van der Waals surface area contributed by atoms with E-state index in [0.29, 0.717) is 43.2 Å². The van der Waals surface area contributed by atoms with Crippen LogP contribution in [0.1, 0.15) is 63.5 Å². The zero-order valence-electron chi connectivity index (χ0n) is 27.6. The fraction of sp³-hybridized carbons (Fsp3) is 0.514. The number of rotatable bonds is 13. The smallest absolute Gasteiger partial charge is 0.183 e. The number of carbonyl (C=O) groups is 1. The van der Waals surface area contributed by atoms with E-state index in [-0.39, 0.29) is 17.8 Å². The lowest BCUT2D eigenvalue weighted by Crippen LogP contribution is -2.38. The first-order valence-electron chi connectivity index (χ1n) is 15.9. The summed E-state index contributed by atoms with van der Waals surface area (Å²) >= 11 is 0. The number of nitrogens with zero attached hydrogens (tertiary/aromatic N) is 5. The normalized spacial score (nSPS) is 15.6. The van der Waals surface area contributed by atoms with Crippen molar-refractivity contribution >= 4 is 11.5 Å². The molecule has 0 spiro atoms. The summed E-state index contributed by atoms with van der Waals surface area (Å²) in [5.74, 6) is 1.37. The van der Waals surface area contributed by atoms with E-state index in [1.54, 1.807) is 7.11 Å². The van der Waals surface area contributed by atoms with E-state index in [1.807, 2.05) is 53.7 Å². The number of hydrogen-bond donors (Lipinski definition) is 0. The lowest BCUT2D eigenvalue weighted by atomic mass is 9.96. The van der Waals surface area contributed by atoms with Crippen molar-refractivity contribution in [2.45, 2.75) is 60.6 Å². The summed E-state index contributed by atoms with van der Waals surface area (Å²) in [5, 5.41) is 9.56. The average Bonchev–Trinajstić information content (AvgIpc) is 3.67. The third-order valence-electron chi connectivity index (χ3n) is 7.98. The van der Waals surface area contributed by atoms with Crippen molar-refractivity contribution in [2.75, 3.05) is 53.2 Å². The van der Waals surface area contributed by atoms with Crippen LogP contribution in [0.2, 0.25) is 0 Å². The molecule has 10 nitrogen and oxygen atoms in total. The van der Waals surface area contributed by atoms with Crippen LogP contribution in [0.25, 0.3) is 28.1 Å². The third kappa shape index (κ3) is 7.74. The van der Waals surface area contributed by atoms with E-state index < -0.39 is 0 Å². The van der Waals surface area contributed by atoms with E-state index in [9.17, 15) is 4.79 Å². The highest BCUT2D eigenvalue weighted by Gasteiger charge is 2.31. The minimum Gasteiger partial charge on any atom is -0.496 e. The topological polar surface area (TPSA) is 92.9 Å². The SMILES string of the molecule is C/C=C\C(=C/C)n1nc(C(=O)CCCOCC(C)(C)C)c2c1-c1cc(-c3cnn(CCN4CCOCC4)c3)c(OC)cc1OC2. The Bertz CT molecular complexity index is 1540. The molecule has 0 bridgehead atoms. The fourth-order valence-corrected chi connectivity index (χ4v) is 5.67. The molecule has 2 aromatic heterocycles. The second-order valence-corrected chi connectivity index (χ2v) is 12.7. The van der Waals surface area contributed by atoms with Gasteiger partial charge >= 0.3 is 0 Å². The number of hydrogen-bond acceptors (Lipinski definition) is 8. The van der Waals surface area contributed by atoms with Crippen molar-refractivity contribution in [1.29, 1.82) is 0 Å². The molecule has 45 heavy (non-hydrogen) atoms. The fourth-order valence-electron chi connectivity index (χ4n) is 5.67. The Morgan fingerprint density at radius 2 is 1.91 bits per heavy atom. The van der Waals surface area contributed by atoms with Crippen LogP contribution in [0.3, 0.4) is 0 Å². The van der Waals surface area contributed by atoms with Gasteiger partial charge in [-0.05, 0) is 37.8 Å². The monoisotopic (exact) mass is 617 g/mol. The van der Waals surface area contributed by atoms with E-state index in [4.69, 9.17) is 24.0 Å². The van der Waals surface area contributed by atoms with Crippen LogP contribution in [-0.2, 0) is 22.6 Å². The highest BCUT2D eigenvalue weighted by molar-refractivity contribution is 5.98. The largest absolute Gasteiger partial charge is 0.496 e. The molecular formula is C35H47N5O5. The van der Waals surface area contributed by atoms with Gasteiger partial charge in [0.05, 0.1) is 51.1 Å². The number of methoxy groups -OCH3 is 1. The van der Waals surface area contributed by atoms with Gasteiger partial charge in [0.25, 0.3) is 0 Å². The summed E-state index contributed by atoms with van der Waals surface area (Å²) in [7, 11) is 1.67. The summed E-state index contributed by atoms with van der Waals surface area (Å²) in [6.45, 7) is 16.9. The minimum absolute atomic E-state index is 0.0115. The van der Waals surface area contributed by atoms with Crippen LogP contribution in [0.5, 0.6) is 11.5 Å². The summed E-state index contributed by atoms with van der Waals surface area (Å²) in [5.41, 5.74) is 5.77. The molecule has 5 rings (SSSR count). The Hall–Kier alpha value is -3.73. The minimum atomic E-state index is -0.0115. The Kier molecular flexibility index (Phi) is 10.6. The van der Waals surface area contributed by atoms with Gasteiger partial charge in [-0.3, -0.25) is 14.4 Å². The predicted octanol–water partition coefficient (Wildman–Crippen LogP) is 6.11. The van der Waals surface area contributed by atoms with Crippen molar-refractivity contribution in [1.82, 2.24) is 24.5 Å². The zero-order chi connectivity index (χ0) is 32.0. The number of carbonyl (C=O) groups excluding carboxylic acids is 1. The van der Waals surface area contributed by atoms with Crippen LogP contribution in [0, 0.1) is 5.41 Å². The number of aromatic nitrogens is 4. The van der Waals surface area contributed by atoms with Gasteiger partial charge in [-0.1, -0.05) is 32.9 Å². The summed E-state index contributed by atoms with van der Waals surface area (Å²) in [6, 6.07) is 4.00. The molecule has 0 N–H and O–H groups in total. The van der Waals surface area contributed by atoms with Gasteiger partial charge in [-0.2, -0.15) is 10.2 Å². The zero-order valence-corrected chi connectivity index (χ0v) is 27.6. The van der Waals surface area contributed by atoms with Crippen molar-refractivity contribution in [3.05, 3.63) is 54.0 Å². The standard InChI is InChI=1S/C35H47N5O5/c1-7-10-26(8-2)40-34-28-19-27(25-21-36-39(22-25)13-12-38-14-17-43-18-15-38)31(42-6)20-32(28)45-23-29(34)33(37-40)30(41)11-9-16-44-24-35(3,4)5/h7-8,10,19-22H,9,11-18,23-24H2,1-6H3/b10-7-,26-8+. The van der Waals surface area contributed by atoms with Crippen molar-refractivity contribution in [2.24, 2.45) is 5.41 Å². The summed E-state index contributed by atoms with van der Waals surface area (Å²) in [6.07, 6.45) is 10.9. The Morgan fingerprint density at radius 3 is 2.62 bits per heavy atom. The molecule has 0 aliphatic carbocycles. The Balaban J connectivity index is 1.46. The molecule has 3 aromatic rings. The number of benzene rings is 1. The molecule has 0 unspecified atom stereocenters. The molecular weight excluding hydrogens is 570 g/mol.